The van der Waals surface area contributed by atoms with Gasteiger partial charge in [-0.2, -0.15) is 0 Å². The van der Waals surface area contributed by atoms with Gasteiger partial charge >= 0.3 is 0 Å². The summed E-state index contributed by atoms with van der Waals surface area (Å²) in [4.78, 5) is 13.7. The van der Waals surface area contributed by atoms with E-state index in [4.69, 9.17) is 9.47 Å². The monoisotopic (exact) mass is 235 g/mol. The molecule has 0 N–H and O–H groups in total. The van der Waals surface area contributed by atoms with Crippen LogP contribution in [0.5, 0.6) is 11.5 Å². The Morgan fingerprint density at radius 2 is 1.94 bits per heavy atom. The second-order valence-electron chi connectivity index (χ2n) is 3.71. The van der Waals surface area contributed by atoms with Gasteiger partial charge in [0.2, 0.25) is 0 Å². The Balaban J connectivity index is 3.01. The molecule has 1 rings (SSSR count). The van der Waals surface area contributed by atoms with Crippen molar-refractivity contribution in [2.45, 2.75) is 0 Å². The van der Waals surface area contributed by atoms with Crippen LogP contribution in [0.15, 0.2) is 30.5 Å². The lowest BCUT2D eigenvalue weighted by atomic mass is 10.1. The largest absolute Gasteiger partial charge is 0.497 e. The first-order chi connectivity index (χ1) is 8.08. The number of methoxy groups -OCH3 is 2. The van der Waals surface area contributed by atoms with Crippen LogP contribution in [0.4, 0.5) is 0 Å². The number of nitrogens with zero attached hydrogens (tertiary/aromatic N) is 1. The Morgan fingerprint density at radius 1 is 1.24 bits per heavy atom. The summed E-state index contributed by atoms with van der Waals surface area (Å²) in [6.07, 6.45) is 3.20. The molecule has 4 nitrogen and oxygen atoms in total. The lowest BCUT2D eigenvalue weighted by Gasteiger charge is -2.08. The number of ketones is 1. The maximum atomic E-state index is 11.9. The first kappa shape index (κ1) is 13.1. The first-order valence-corrected chi connectivity index (χ1v) is 5.19. The molecule has 1 aromatic rings. The van der Waals surface area contributed by atoms with Gasteiger partial charge in [-0.3, -0.25) is 4.79 Å². The second-order valence-corrected chi connectivity index (χ2v) is 3.71. The van der Waals surface area contributed by atoms with Crippen molar-refractivity contribution in [1.82, 2.24) is 4.90 Å². The molecule has 0 bridgehead atoms. The summed E-state index contributed by atoms with van der Waals surface area (Å²) in [7, 11) is 6.81. The van der Waals surface area contributed by atoms with Gasteiger partial charge in [0.1, 0.15) is 11.5 Å². The van der Waals surface area contributed by atoms with Gasteiger partial charge in [-0.25, -0.2) is 0 Å². The number of ether oxygens (including phenoxy) is 2. The highest BCUT2D eigenvalue weighted by Gasteiger charge is 2.10. The molecular formula is C13H17NO3. The third-order valence-corrected chi connectivity index (χ3v) is 2.20. The number of hydrogen-bond acceptors (Lipinski definition) is 4. The van der Waals surface area contributed by atoms with Crippen molar-refractivity contribution in [2.75, 3.05) is 28.3 Å². The van der Waals surface area contributed by atoms with Crippen LogP contribution in [-0.2, 0) is 0 Å². The van der Waals surface area contributed by atoms with E-state index in [0.29, 0.717) is 17.1 Å². The number of carbonyl (C=O) groups is 1. The van der Waals surface area contributed by atoms with Gasteiger partial charge in [-0.05, 0) is 12.1 Å². The van der Waals surface area contributed by atoms with Crippen LogP contribution in [0.2, 0.25) is 0 Å². The molecule has 0 fully saturated rings. The second kappa shape index (κ2) is 5.94. The molecule has 0 amide bonds. The lowest BCUT2D eigenvalue weighted by Crippen LogP contribution is -2.04. The summed E-state index contributed by atoms with van der Waals surface area (Å²) in [5.41, 5.74) is 0.520. The molecule has 0 atom stereocenters. The predicted molar refractivity (Wildman–Crippen MR) is 66.7 cm³/mol. The van der Waals surface area contributed by atoms with E-state index in [1.807, 2.05) is 14.1 Å². The molecule has 0 saturated heterocycles. The standard InChI is InChI=1S/C13H17NO3/c1-14(2)8-7-12(15)11-6-5-10(16-3)9-13(11)17-4/h5-9H,1-4H3/b8-7+. The Bertz CT molecular complexity index is 425. The van der Waals surface area contributed by atoms with E-state index >= 15 is 0 Å². The van der Waals surface area contributed by atoms with E-state index in [-0.39, 0.29) is 5.78 Å². The quantitative estimate of drug-likeness (QED) is 0.577. The Hall–Kier alpha value is -1.97. The normalized spacial score (nSPS) is 10.4. The van der Waals surface area contributed by atoms with Crippen LogP contribution in [0.25, 0.3) is 0 Å². The zero-order chi connectivity index (χ0) is 12.8. The molecule has 4 heteroatoms. The summed E-state index contributed by atoms with van der Waals surface area (Å²) < 4.78 is 10.2. The molecular weight excluding hydrogens is 218 g/mol. The van der Waals surface area contributed by atoms with Gasteiger partial charge in [-0.1, -0.05) is 0 Å². The van der Waals surface area contributed by atoms with Crippen molar-refractivity contribution in [3.8, 4) is 11.5 Å². The summed E-state index contributed by atoms with van der Waals surface area (Å²) in [6.45, 7) is 0. The fourth-order valence-corrected chi connectivity index (χ4v) is 1.31. The third kappa shape index (κ3) is 3.52. The zero-order valence-electron chi connectivity index (χ0n) is 10.6. The van der Waals surface area contributed by atoms with E-state index in [1.54, 1.807) is 36.4 Å². The Morgan fingerprint density at radius 3 is 2.47 bits per heavy atom. The molecule has 0 saturated carbocycles. The first-order valence-electron chi connectivity index (χ1n) is 5.19. The van der Waals surface area contributed by atoms with Gasteiger partial charge in [0.25, 0.3) is 0 Å². The van der Waals surface area contributed by atoms with Crippen molar-refractivity contribution >= 4 is 5.78 Å². The molecule has 17 heavy (non-hydrogen) atoms. The highest BCUT2D eigenvalue weighted by atomic mass is 16.5. The van der Waals surface area contributed by atoms with Gasteiger partial charge in [0.15, 0.2) is 5.78 Å². The molecule has 0 aliphatic carbocycles. The fourth-order valence-electron chi connectivity index (χ4n) is 1.31. The minimum Gasteiger partial charge on any atom is -0.497 e. The van der Waals surface area contributed by atoms with E-state index in [9.17, 15) is 4.79 Å². The molecule has 0 spiro atoms. The molecule has 1 aromatic carbocycles. The number of allylic oxidation sites excluding steroid dienone is 1. The van der Waals surface area contributed by atoms with E-state index < -0.39 is 0 Å². The third-order valence-electron chi connectivity index (χ3n) is 2.20. The van der Waals surface area contributed by atoms with Crippen LogP contribution < -0.4 is 9.47 Å². The summed E-state index contributed by atoms with van der Waals surface area (Å²) in [5.74, 6) is 1.07. The maximum absolute atomic E-state index is 11.9. The van der Waals surface area contributed by atoms with Gasteiger partial charge < -0.3 is 14.4 Å². The smallest absolute Gasteiger partial charge is 0.191 e. The molecule has 0 aromatic heterocycles. The summed E-state index contributed by atoms with van der Waals surface area (Å²) in [5, 5.41) is 0. The molecule has 0 unspecified atom stereocenters. The summed E-state index contributed by atoms with van der Waals surface area (Å²) in [6, 6.07) is 5.12. The number of rotatable bonds is 5. The summed E-state index contributed by atoms with van der Waals surface area (Å²) >= 11 is 0. The number of benzene rings is 1. The van der Waals surface area contributed by atoms with Crippen LogP contribution in [-0.4, -0.2) is 39.0 Å². The molecule has 0 radical (unpaired) electrons. The van der Waals surface area contributed by atoms with Gasteiger partial charge in [0.05, 0.1) is 19.8 Å². The highest BCUT2D eigenvalue weighted by molar-refractivity contribution is 6.06. The fraction of sp³-hybridized carbons (Fsp3) is 0.308. The lowest BCUT2D eigenvalue weighted by molar-refractivity contribution is 0.104. The van der Waals surface area contributed by atoms with Crippen LogP contribution in [0.3, 0.4) is 0 Å². The molecule has 92 valence electrons. The van der Waals surface area contributed by atoms with E-state index in [0.717, 1.165) is 0 Å². The van der Waals surface area contributed by atoms with Crippen molar-refractivity contribution in [2.24, 2.45) is 0 Å². The minimum absolute atomic E-state index is 0.0989. The molecule has 0 aliphatic rings. The van der Waals surface area contributed by atoms with Crippen LogP contribution in [0, 0.1) is 0 Å². The van der Waals surface area contributed by atoms with Crippen molar-refractivity contribution in [3.63, 3.8) is 0 Å². The Labute approximate surface area is 101 Å². The average Bonchev–Trinajstić information content (AvgIpc) is 2.34. The van der Waals surface area contributed by atoms with Gasteiger partial charge in [0, 0.05) is 32.4 Å². The zero-order valence-corrected chi connectivity index (χ0v) is 10.6. The topological polar surface area (TPSA) is 38.8 Å². The van der Waals surface area contributed by atoms with E-state index in [2.05, 4.69) is 0 Å². The minimum atomic E-state index is -0.0989. The highest BCUT2D eigenvalue weighted by Crippen LogP contribution is 2.25. The number of carbonyl (C=O) groups excluding carboxylic acids is 1. The molecule has 0 aliphatic heterocycles. The van der Waals surface area contributed by atoms with Crippen LogP contribution >= 0.6 is 0 Å². The van der Waals surface area contributed by atoms with Crippen molar-refractivity contribution in [3.05, 3.63) is 36.0 Å². The van der Waals surface area contributed by atoms with Crippen LogP contribution in [0.1, 0.15) is 10.4 Å². The SMILES string of the molecule is COc1ccc(C(=O)/C=C/N(C)C)c(OC)c1. The Kier molecular flexibility index (Phi) is 4.57. The van der Waals surface area contributed by atoms with Crippen molar-refractivity contribution in [1.29, 1.82) is 0 Å². The van der Waals surface area contributed by atoms with Crippen molar-refractivity contribution < 1.29 is 14.3 Å². The maximum Gasteiger partial charge on any atom is 0.191 e. The molecule has 0 heterocycles. The van der Waals surface area contributed by atoms with E-state index in [1.165, 1.54) is 13.2 Å². The van der Waals surface area contributed by atoms with Gasteiger partial charge in [-0.15, -0.1) is 0 Å². The average molecular weight is 235 g/mol. The number of hydrogen-bond donors (Lipinski definition) is 0. The predicted octanol–water partition coefficient (Wildman–Crippen LogP) is 1.96.